The van der Waals surface area contributed by atoms with E-state index in [9.17, 15) is 0 Å². The molecule has 1 unspecified atom stereocenters. The summed E-state index contributed by atoms with van der Waals surface area (Å²) >= 11 is 6.00. The minimum Gasteiger partial charge on any atom is -0.324 e. The van der Waals surface area contributed by atoms with Crippen molar-refractivity contribution in [2.75, 3.05) is 0 Å². The lowest BCUT2D eigenvalue weighted by molar-refractivity contribution is 0.239. The Morgan fingerprint density at radius 2 is 1.94 bits per heavy atom. The normalized spacial score (nSPS) is 26.0. The van der Waals surface area contributed by atoms with Gasteiger partial charge in [0.05, 0.1) is 0 Å². The molecule has 1 aliphatic rings. The second kappa shape index (κ2) is 6.08. The molecule has 1 saturated carbocycles. The van der Waals surface area contributed by atoms with Crippen LogP contribution in [-0.2, 0) is 0 Å². The molecule has 1 aromatic rings. The number of benzene rings is 1. The summed E-state index contributed by atoms with van der Waals surface area (Å²) in [5, 5.41) is 0.804. The summed E-state index contributed by atoms with van der Waals surface area (Å²) in [5.74, 6) is 1.58. The average Bonchev–Trinajstić information content (AvgIpc) is 2.38. The maximum absolute atomic E-state index is 6.46. The minimum atomic E-state index is 0.181. The standard InChI is InChI=1S/C16H24ClN/c1-3-12-4-6-13(7-5-12)16(18)15-9-8-14(17)10-11(15)2/h8-10,12-13,16H,3-7,18H2,1-2H3. The van der Waals surface area contributed by atoms with Gasteiger partial charge in [0.2, 0.25) is 0 Å². The monoisotopic (exact) mass is 265 g/mol. The first-order chi connectivity index (χ1) is 8.61. The highest BCUT2D eigenvalue weighted by Gasteiger charge is 2.26. The van der Waals surface area contributed by atoms with E-state index >= 15 is 0 Å². The first-order valence-corrected chi connectivity index (χ1v) is 7.51. The van der Waals surface area contributed by atoms with Gasteiger partial charge in [-0.3, -0.25) is 0 Å². The predicted molar refractivity (Wildman–Crippen MR) is 78.9 cm³/mol. The zero-order valence-corrected chi connectivity index (χ0v) is 12.2. The molecule has 2 N–H and O–H groups in total. The molecule has 0 saturated heterocycles. The van der Waals surface area contributed by atoms with Gasteiger partial charge in [0.25, 0.3) is 0 Å². The lowest BCUT2D eigenvalue weighted by Crippen LogP contribution is -2.26. The number of rotatable bonds is 3. The van der Waals surface area contributed by atoms with E-state index in [-0.39, 0.29) is 6.04 Å². The van der Waals surface area contributed by atoms with E-state index in [1.54, 1.807) is 0 Å². The second-order valence-corrected chi connectivity index (χ2v) is 6.15. The Kier molecular flexibility index (Phi) is 4.69. The predicted octanol–water partition coefficient (Wildman–Crippen LogP) is 4.86. The number of hydrogen-bond acceptors (Lipinski definition) is 1. The van der Waals surface area contributed by atoms with Crippen molar-refractivity contribution in [1.82, 2.24) is 0 Å². The molecule has 1 atom stereocenters. The lowest BCUT2D eigenvalue weighted by atomic mass is 9.76. The van der Waals surface area contributed by atoms with Crippen LogP contribution < -0.4 is 5.73 Å². The molecule has 100 valence electrons. The first-order valence-electron chi connectivity index (χ1n) is 7.13. The van der Waals surface area contributed by atoms with Gasteiger partial charge >= 0.3 is 0 Å². The van der Waals surface area contributed by atoms with Crippen LogP contribution in [0.2, 0.25) is 5.02 Å². The van der Waals surface area contributed by atoms with Crippen LogP contribution >= 0.6 is 11.6 Å². The van der Waals surface area contributed by atoms with Gasteiger partial charge in [0.1, 0.15) is 0 Å². The molecule has 1 aromatic carbocycles. The van der Waals surface area contributed by atoms with Crippen LogP contribution in [0.5, 0.6) is 0 Å². The Morgan fingerprint density at radius 3 is 2.50 bits per heavy atom. The number of nitrogens with two attached hydrogens (primary N) is 1. The number of hydrogen-bond donors (Lipinski definition) is 1. The summed E-state index contributed by atoms with van der Waals surface area (Å²) in [7, 11) is 0. The van der Waals surface area contributed by atoms with Crippen molar-refractivity contribution in [3.05, 3.63) is 34.3 Å². The van der Waals surface area contributed by atoms with Gasteiger partial charge in [-0.1, -0.05) is 43.9 Å². The zero-order chi connectivity index (χ0) is 13.1. The van der Waals surface area contributed by atoms with Gasteiger partial charge in [-0.05, 0) is 54.9 Å². The van der Waals surface area contributed by atoms with Gasteiger partial charge in [-0.2, -0.15) is 0 Å². The molecule has 1 nitrogen and oxygen atoms in total. The van der Waals surface area contributed by atoms with Crippen molar-refractivity contribution in [2.45, 2.75) is 52.0 Å². The Balaban J connectivity index is 2.05. The van der Waals surface area contributed by atoms with Crippen LogP contribution in [0.25, 0.3) is 0 Å². The van der Waals surface area contributed by atoms with Gasteiger partial charge in [0.15, 0.2) is 0 Å². The minimum absolute atomic E-state index is 0.181. The maximum atomic E-state index is 6.46. The van der Waals surface area contributed by atoms with Crippen molar-refractivity contribution < 1.29 is 0 Å². The third-order valence-corrected chi connectivity index (χ3v) is 4.80. The molecule has 0 radical (unpaired) electrons. The van der Waals surface area contributed by atoms with E-state index in [2.05, 4.69) is 19.9 Å². The molecule has 0 heterocycles. The highest BCUT2D eigenvalue weighted by atomic mass is 35.5. The summed E-state index contributed by atoms with van der Waals surface area (Å²) < 4.78 is 0. The fraction of sp³-hybridized carbons (Fsp3) is 0.625. The van der Waals surface area contributed by atoms with Crippen LogP contribution in [0.1, 0.15) is 56.2 Å². The molecule has 0 aliphatic heterocycles. The third-order valence-electron chi connectivity index (χ3n) is 4.57. The van der Waals surface area contributed by atoms with Crippen molar-refractivity contribution in [2.24, 2.45) is 17.6 Å². The van der Waals surface area contributed by atoms with Crippen molar-refractivity contribution >= 4 is 11.6 Å². The summed E-state index contributed by atoms with van der Waals surface area (Å²) in [6.45, 7) is 4.41. The molecular weight excluding hydrogens is 242 g/mol. The smallest absolute Gasteiger partial charge is 0.0408 e. The highest BCUT2D eigenvalue weighted by Crippen LogP contribution is 2.37. The average molecular weight is 266 g/mol. The van der Waals surface area contributed by atoms with Crippen LogP contribution in [0.4, 0.5) is 0 Å². The molecule has 2 heteroatoms. The summed E-state index contributed by atoms with van der Waals surface area (Å²) in [4.78, 5) is 0. The molecule has 1 aliphatic carbocycles. The molecule has 1 fully saturated rings. The lowest BCUT2D eigenvalue weighted by Gasteiger charge is -2.32. The van der Waals surface area contributed by atoms with Crippen LogP contribution in [-0.4, -0.2) is 0 Å². The van der Waals surface area contributed by atoms with Crippen LogP contribution in [0, 0.1) is 18.8 Å². The van der Waals surface area contributed by atoms with Crippen LogP contribution in [0.3, 0.4) is 0 Å². The molecule has 0 spiro atoms. The van der Waals surface area contributed by atoms with E-state index in [0.29, 0.717) is 5.92 Å². The largest absolute Gasteiger partial charge is 0.324 e. The Hall–Kier alpha value is -0.530. The first kappa shape index (κ1) is 13.9. The Labute approximate surface area is 116 Å². The summed E-state index contributed by atoms with van der Waals surface area (Å²) in [6, 6.07) is 6.27. The molecule has 0 amide bonds. The topological polar surface area (TPSA) is 26.0 Å². The van der Waals surface area contributed by atoms with Crippen molar-refractivity contribution in [3.63, 3.8) is 0 Å². The van der Waals surface area contributed by atoms with Gasteiger partial charge in [-0.15, -0.1) is 0 Å². The molecular formula is C16H24ClN. The molecule has 0 bridgehead atoms. The molecule has 2 rings (SSSR count). The fourth-order valence-electron chi connectivity index (χ4n) is 3.22. The van der Waals surface area contributed by atoms with E-state index in [0.717, 1.165) is 10.9 Å². The van der Waals surface area contributed by atoms with Gasteiger partial charge in [-0.25, -0.2) is 0 Å². The second-order valence-electron chi connectivity index (χ2n) is 5.72. The maximum Gasteiger partial charge on any atom is 0.0408 e. The van der Waals surface area contributed by atoms with E-state index in [1.807, 2.05) is 12.1 Å². The number of aryl methyl sites for hydroxylation is 1. The molecule has 18 heavy (non-hydrogen) atoms. The van der Waals surface area contributed by atoms with E-state index in [4.69, 9.17) is 17.3 Å². The molecule has 0 aromatic heterocycles. The highest BCUT2D eigenvalue weighted by molar-refractivity contribution is 6.30. The van der Waals surface area contributed by atoms with Gasteiger partial charge < -0.3 is 5.73 Å². The summed E-state index contributed by atoms with van der Waals surface area (Å²) in [6.07, 6.45) is 6.58. The van der Waals surface area contributed by atoms with Crippen LogP contribution in [0.15, 0.2) is 18.2 Å². The SMILES string of the molecule is CCC1CCC(C(N)c2ccc(Cl)cc2C)CC1. The van der Waals surface area contributed by atoms with E-state index in [1.165, 1.54) is 43.2 Å². The quantitative estimate of drug-likeness (QED) is 0.829. The van der Waals surface area contributed by atoms with Crippen molar-refractivity contribution in [3.8, 4) is 0 Å². The zero-order valence-electron chi connectivity index (χ0n) is 11.5. The Morgan fingerprint density at radius 1 is 1.28 bits per heavy atom. The van der Waals surface area contributed by atoms with Gasteiger partial charge in [0, 0.05) is 11.1 Å². The summed E-state index contributed by atoms with van der Waals surface area (Å²) in [5.41, 5.74) is 8.97. The Bertz CT molecular complexity index is 394. The number of halogens is 1. The van der Waals surface area contributed by atoms with E-state index < -0.39 is 0 Å². The third kappa shape index (κ3) is 3.07. The fourth-order valence-corrected chi connectivity index (χ4v) is 3.45. The van der Waals surface area contributed by atoms with Crippen molar-refractivity contribution in [1.29, 1.82) is 0 Å².